The minimum Gasteiger partial charge on any atom is -0.493 e. The molecule has 2 heteroatoms. The van der Waals surface area contributed by atoms with Crippen LogP contribution in [0.25, 0.3) is 0 Å². The Bertz CT molecular complexity index is 323. The molecule has 2 nitrogen and oxygen atoms in total. The van der Waals surface area contributed by atoms with E-state index < -0.39 is 0 Å². The van der Waals surface area contributed by atoms with Gasteiger partial charge in [0.2, 0.25) is 0 Å². The third-order valence-electron chi connectivity index (χ3n) is 2.85. The van der Waals surface area contributed by atoms with Gasteiger partial charge in [-0.1, -0.05) is 51.8 Å². The molecule has 0 heterocycles. The van der Waals surface area contributed by atoms with Gasteiger partial charge in [0.1, 0.15) is 5.75 Å². The summed E-state index contributed by atoms with van der Waals surface area (Å²) >= 11 is 0. The molecule has 0 saturated carbocycles. The molecule has 0 aliphatic rings. The maximum atomic E-state index is 5.86. The second-order valence-electron chi connectivity index (χ2n) is 5.19. The number of hydrogen-bond acceptors (Lipinski definition) is 2. The first-order chi connectivity index (χ1) is 8.74. The topological polar surface area (TPSA) is 21.3 Å². The maximum Gasteiger partial charge on any atom is 0.123 e. The number of rotatable bonds is 9. The highest BCUT2D eigenvalue weighted by atomic mass is 16.5. The second kappa shape index (κ2) is 8.98. The van der Waals surface area contributed by atoms with E-state index in [0.29, 0.717) is 5.92 Å². The van der Waals surface area contributed by atoms with Crippen molar-refractivity contribution in [1.82, 2.24) is 5.32 Å². The fourth-order valence-corrected chi connectivity index (χ4v) is 1.82. The summed E-state index contributed by atoms with van der Waals surface area (Å²) in [5.41, 5.74) is 1.26. The van der Waals surface area contributed by atoms with E-state index in [1.54, 1.807) is 0 Å². The fourth-order valence-electron chi connectivity index (χ4n) is 1.82. The van der Waals surface area contributed by atoms with Crippen molar-refractivity contribution in [2.24, 2.45) is 5.92 Å². The van der Waals surface area contributed by atoms with Crippen LogP contribution < -0.4 is 10.1 Å². The standard InChI is InChI=1S/C16H27NO/c1-4-5-8-11-18-16-10-7-6-9-15(16)13-17-12-14(2)3/h6-7,9-10,14,17H,4-5,8,11-13H2,1-3H3. The predicted molar refractivity (Wildman–Crippen MR) is 78.0 cm³/mol. The van der Waals surface area contributed by atoms with Gasteiger partial charge in [0.05, 0.1) is 6.61 Å². The number of benzene rings is 1. The first kappa shape index (κ1) is 15.0. The van der Waals surface area contributed by atoms with Crippen molar-refractivity contribution in [2.75, 3.05) is 13.2 Å². The molecule has 0 aromatic heterocycles. The van der Waals surface area contributed by atoms with E-state index in [4.69, 9.17) is 4.74 Å². The minimum absolute atomic E-state index is 0.683. The van der Waals surface area contributed by atoms with Crippen LogP contribution in [0.4, 0.5) is 0 Å². The van der Waals surface area contributed by atoms with Crippen molar-refractivity contribution in [3.63, 3.8) is 0 Å². The molecule has 1 aromatic carbocycles. The lowest BCUT2D eigenvalue weighted by Gasteiger charge is -2.13. The zero-order valence-corrected chi connectivity index (χ0v) is 12.0. The van der Waals surface area contributed by atoms with Crippen LogP contribution in [0.5, 0.6) is 5.75 Å². The first-order valence-corrected chi connectivity index (χ1v) is 7.15. The summed E-state index contributed by atoms with van der Waals surface area (Å²) in [4.78, 5) is 0. The van der Waals surface area contributed by atoms with Crippen molar-refractivity contribution in [3.8, 4) is 5.75 Å². The van der Waals surface area contributed by atoms with E-state index in [1.807, 2.05) is 6.07 Å². The van der Waals surface area contributed by atoms with E-state index in [1.165, 1.54) is 18.4 Å². The van der Waals surface area contributed by atoms with Gasteiger partial charge in [-0.15, -0.1) is 0 Å². The molecular weight excluding hydrogens is 222 g/mol. The van der Waals surface area contributed by atoms with E-state index in [2.05, 4.69) is 44.3 Å². The van der Waals surface area contributed by atoms with Gasteiger partial charge in [-0.25, -0.2) is 0 Å². The quantitative estimate of drug-likeness (QED) is 0.668. The molecule has 1 N–H and O–H groups in total. The van der Waals surface area contributed by atoms with Gasteiger partial charge < -0.3 is 10.1 Å². The summed E-state index contributed by atoms with van der Waals surface area (Å²) < 4.78 is 5.86. The van der Waals surface area contributed by atoms with Crippen LogP contribution in [-0.4, -0.2) is 13.2 Å². The largest absolute Gasteiger partial charge is 0.493 e. The summed E-state index contributed by atoms with van der Waals surface area (Å²) in [5, 5.41) is 3.46. The molecule has 18 heavy (non-hydrogen) atoms. The SMILES string of the molecule is CCCCCOc1ccccc1CNCC(C)C. The van der Waals surface area contributed by atoms with Gasteiger partial charge in [0.15, 0.2) is 0 Å². The maximum absolute atomic E-state index is 5.86. The second-order valence-corrected chi connectivity index (χ2v) is 5.19. The monoisotopic (exact) mass is 249 g/mol. The van der Waals surface area contributed by atoms with Crippen LogP contribution >= 0.6 is 0 Å². The Labute approximate surface area is 112 Å². The van der Waals surface area contributed by atoms with E-state index in [-0.39, 0.29) is 0 Å². The van der Waals surface area contributed by atoms with Crippen LogP contribution in [0.3, 0.4) is 0 Å². The van der Waals surface area contributed by atoms with Crippen molar-refractivity contribution in [2.45, 2.75) is 46.6 Å². The lowest BCUT2D eigenvalue weighted by molar-refractivity contribution is 0.302. The van der Waals surface area contributed by atoms with Crippen LogP contribution in [0.2, 0.25) is 0 Å². The highest BCUT2D eigenvalue weighted by Crippen LogP contribution is 2.18. The Hall–Kier alpha value is -1.02. The van der Waals surface area contributed by atoms with Gasteiger partial charge in [0.25, 0.3) is 0 Å². The Morgan fingerprint density at radius 3 is 2.67 bits per heavy atom. The third kappa shape index (κ3) is 6.06. The van der Waals surface area contributed by atoms with Crippen LogP contribution in [0.15, 0.2) is 24.3 Å². The number of para-hydroxylation sites is 1. The van der Waals surface area contributed by atoms with Crippen LogP contribution in [0, 0.1) is 5.92 Å². The van der Waals surface area contributed by atoms with Gasteiger partial charge in [-0.05, 0) is 24.9 Å². The van der Waals surface area contributed by atoms with Crippen LogP contribution in [0.1, 0.15) is 45.6 Å². The smallest absolute Gasteiger partial charge is 0.123 e. The molecule has 1 aromatic rings. The fraction of sp³-hybridized carbons (Fsp3) is 0.625. The van der Waals surface area contributed by atoms with E-state index >= 15 is 0 Å². The van der Waals surface area contributed by atoms with Gasteiger partial charge in [-0.3, -0.25) is 0 Å². The molecular formula is C16H27NO. The number of unbranched alkanes of at least 4 members (excludes halogenated alkanes) is 2. The number of hydrogen-bond donors (Lipinski definition) is 1. The van der Waals surface area contributed by atoms with E-state index in [0.717, 1.165) is 31.9 Å². The third-order valence-corrected chi connectivity index (χ3v) is 2.85. The van der Waals surface area contributed by atoms with Crippen LogP contribution in [-0.2, 0) is 6.54 Å². The predicted octanol–water partition coefficient (Wildman–Crippen LogP) is 4.00. The molecule has 0 aliphatic heterocycles. The summed E-state index contributed by atoms with van der Waals surface area (Å²) in [6.07, 6.45) is 3.62. The molecule has 0 unspecified atom stereocenters. The molecule has 0 bridgehead atoms. The van der Waals surface area contributed by atoms with E-state index in [9.17, 15) is 0 Å². The normalized spacial score (nSPS) is 10.9. The van der Waals surface area contributed by atoms with Gasteiger partial charge >= 0.3 is 0 Å². The number of nitrogens with one attached hydrogen (secondary N) is 1. The Morgan fingerprint density at radius 2 is 1.94 bits per heavy atom. The highest BCUT2D eigenvalue weighted by molar-refractivity contribution is 5.33. The first-order valence-electron chi connectivity index (χ1n) is 7.15. The average Bonchev–Trinajstić information content (AvgIpc) is 2.36. The molecule has 1 rings (SSSR count). The minimum atomic E-state index is 0.683. The molecule has 0 amide bonds. The Balaban J connectivity index is 2.40. The van der Waals surface area contributed by atoms with Gasteiger partial charge in [0, 0.05) is 12.1 Å². The summed E-state index contributed by atoms with van der Waals surface area (Å²) in [6.45, 7) is 9.42. The summed E-state index contributed by atoms with van der Waals surface area (Å²) in [7, 11) is 0. The average molecular weight is 249 g/mol. The zero-order chi connectivity index (χ0) is 13.2. The molecule has 0 atom stereocenters. The van der Waals surface area contributed by atoms with Crippen molar-refractivity contribution < 1.29 is 4.74 Å². The summed E-state index contributed by atoms with van der Waals surface area (Å²) in [5.74, 6) is 1.72. The Morgan fingerprint density at radius 1 is 1.17 bits per heavy atom. The highest BCUT2D eigenvalue weighted by Gasteiger charge is 2.02. The molecule has 0 radical (unpaired) electrons. The molecule has 0 fully saturated rings. The molecule has 0 aliphatic carbocycles. The van der Waals surface area contributed by atoms with Gasteiger partial charge in [-0.2, -0.15) is 0 Å². The van der Waals surface area contributed by atoms with Crippen molar-refractivity contribution in [1.29, 1.82) is 0 Å². The zero-order valence-electron chi connectivity index (χ0n) is 12.0. The Kier molecular flexibility index (Phi) is 7.51. The lowest BCUT2D eigenvalue weighted by atomic mass is 10.2. The molecule has 102 valence electrons. The lowest BCUT2D eigenvalue weighted by Crippen LogP contribution is -2.19. The van der Waals surface area contributed by atoms with Crippen molar-refractivity contribution in [3.05, 3.63) is 29.8 Å². The summed E-state index contributed by atoms with van der Waals surface area (Å²) in [6, 6.07) is 8.33. The van der Waals surface area contributed by atoms with Crippen molar-refractivity contribution >= 4 is 0 Å². The number of ether oxygens (including phenoxy) is 1. The molecule has 0 saturated heterocycles. The molecule has 0 spiro atoms.